The monoisotopic (exact) mass is 277 g/mol. The number of anilines is 2. The standard InChI is InChI=1S/C14H23N5O/c1-3-16-13-10(2)14(18-9-17-13)19-6-4-11(5-7-19)8-12(15)20/h9,11H,3-8H2,1-2H3,(H2,15,20)(H,16,17,18). The van der Waals surface area contributed by atoms with Gasteiger partial charge in [0.05, 0.1) is 0 Å². The summed E-state index contributed by atoms with van der Waals surface area (Å²) < 4.78 is 0. The number of nitrogens with two attached hydrogens (primary N) is 1. The molecule has 2 heterocycles. The van der Waals surface area contributed by atoms with Crippen molar-refractivity contribution in [2.45, 2.75) is 33.1 Å². The average Bonchev–Trinajstić information content (AvgIpc) is 2.42. The Morgan fingerprint density at radius 1 is 1.45 bits per heavy atom. The van der Waals surface area contributed by atoms with Gasteiger partial charge in [-0.15, -0.1) is 0 Å². The summed E-state index contributed by atoms with van der Waals surface area (Å²) >= 11 is 0. The summed E-state index contributed by atoms with van der Waals surface area (Å²) in [6.07, 6.45) is 4.08. The molecule has 1 aromatic heterocycles. The van der Waals surface area contributed by atoms with Crippen LogP contribution in [0.15, 0.2) is 6.33 Å². The molecular weight excluding hydrogens is 254 g/mol. The van der Waals surface area contributed by atoms with Crippen LogP contribution in [-0.2, 0) is 4.79 Å². The number of hydrogen-bond donors (Lipinski definition) is 2. The molecule has 1 amide bonds. The molecule has 3 N–H and O–H groups in total. The van der Waals surface area contributed by atoms with E-state index < -0.39 is 0 Å². The Balaban J connectivity index is 2.03. The summed E-state index contributed by atoms with van der Waals surface area (Å²) in [5.41, 5.74) is 6.35. The van der Waals surface area contributed by atoms with Crippen molar-refractivity contribution in [1.29, 1.82) is 0 Å². The van der Waals surface area contributed by atoms with Crippen LogP contribution in [0.2, 0.25) is 0 Å². The van der Waals surface area contributed by atoms with Gasteiger partial charge in [0.1, 0.15) is 18.0 Å². The van der Waals surface area contributed by atoms with Crippen LogP contribution in [0.3, 0.4) is 0 Å². The van der Waals surface area contributed by atoms with Gasteiger partial charge in [-0.1, -0.05) is 0 Å². The lowest BCUT2D eigenvalue weighted by molar-refractivity contribution is -0.119. The fourth-order valence-electron chi connectivity index (χ4n) is 2.74. The van der Waals surface area contributed by atoms with E-state index in [4.69, 9.17) is 5.73 Å². The van der Waals surface area contributed by atoms with Gasteiger partial charge in [0.2, 0.25) is 5.91 Å². The number of aromatic nitrogens is 2. The van der Waals surface area contributed by atoms with Crippen molar-refractivity contribution >= 4 is 17.5 Å². The number of amides is 1. The van der Waals surface area contributed by atoms with Crippen LogP contribution >= 0.6 is 0 Å². The Morgan fingerprint density at radius 3 is 2.75 bits per heavy atom. The topological polar surface area (TPSA) is 84.1 Å². The van der Waals surface area contributed by atoms with Gasteiger partial charge in [0.25, 0.3) is 0 Å². The molecule has 0 aliphatic carbocycles. The SMILES string of the molecule is CCNc1ncnc(N2CCC(CC(N)=O)CC2)c1C. The number of hydrogen-bond acceptors (Lipinski definition) is 5. The number of carbonyl (C=O) groups excluding carboxylic acids is 1. The Bertz CT molecular complexity index is 469. The zero-order valence-electron chi connectivity index (χ0n) is 12.2. The Morgan fingerprint density at radius 2 is 2.15 bits per heavy atom. The van der Waals surface area contributed by atoms with E-state index in [0.717, 1.165) is 49.7 Å². The first-order chi connectivity index (χ1) is 9.61. The second kappa shape index (κ2) is 6.54. The number of primary amides is 1. The predicted octanol–water partition coefficient (Wildman–Crippen LogP) is 1.31. The lowest BCUT2D eigenvalue weighted by atomic mass is 9.93. The van der Waals surface area contributed by atoms with E-state index in [1.807, 2.05) is 6.92 Å². The molecule has 0 unspecified atom stereocenters. The molecule has 1 aliphatic rings. The van der Waals surface area contributed by atoms with Crippen molar-refractivity contribution in [3.8, 4) is 0 Å². The third-order valence-corrected chi connectivity index (χ3v) is 3.81. The van der Waals surface area contributed by atoms with E-state index in [-0.39, 0.29) is 5.91 Å². The van der Waals surface area contributed by atoms with E-state index in [1.54, 1.807) is 6.33 Å². The van der Waals surface area contributed by atoms with Gasteiger partial charge >= 0.3 is 0 Å². The summed E-state index contributed by atoms with van der Waals surface area (Å²) in [6.45, 7) is 6.78. The van der Waals surface area contributed by atoms with Gasteiger partial charge in [-0.3, -0.25) is 4.79 Å². The highest BCUT2D eigenvalue weighted by Crippen LogP contribution is 2.27. The second-order valence-corrected chi connectivity index (χ2v) is 5.30. The molecule has 110 valence electrons. The number of nitrogens with zero attached hydrogens (tertiary/aromatic N) is 3. The van der Waals surface area contributed by atoms with Crippen LogP contribution in [0.1, 0.15) is 31.7 Å². The first-order valence-corrected chi connectivity index (χ1v) is 7.20. The molecule has 1 saturated heterocycles. The van der Waals surface area contributed by atoms with E-state index >= 15 is 0 Å². The van der Waals surface area contributed by atoms with Crippen LogP contribution in [0.25, 0.3) is 0 Å². The molecule has 0 aromatic carbocycles. The molecule has 6 nitrogen and oxygen atoms in total. The van der Waals surface area contributed by atoms with Crippen molar-refractivity contribution < 1.29 is 4.79 Å². The zero-order chi connectivity index (χ0) is 14.5. The number of carbonyl (C=O) groups is 1. The van der Waals surface area contributed by atoms with E-state index in [0.29, 0.717) is 12.3 Å². The van der Waals surface area contributed by atoms with Crippen molar-refractivity contribution in [2.75, 3.05) is 29.9 Å². The lowest BCUT2D eigenvalue weighted by Gasteiger charge is -2.33. The lowest BCUT2D eigenvalue weighted by Crippen LogP contribution is -2.36. The Labute approximate surface area is 119 Å². The van der Waals surface area contributed by atoms with Crippen LogP contribution in [0.4, 0.5) is 11.6 Å². The highest BCUT2D eigenvalue weighted by molar-refractivity contribution is 5.74. The van der Waals surface area contributed by atoms with Crippen LogP contribution in [-0.4, -0.2) is 35.5 Å². The maximum atomic E-state index is 11.0. The fraction of sp³-hybridized carbons (Fsp3) is 0.643. The molecule has 20 heavy (non-hydrogen) atoms. The molecule has 2 rings (SSSR count). The first-order valence-electron chi connectivity index (χ1n) is 7.20. The summed E-state index contributed by atoms with van der Waals surface area (Å²) in [5, 5.41) is 3.25. The minimum Gasteiger partial charge on any atom is -0.370 e. The van der Waals surface area contributed by atoms with E-state index in [9.17, 15) is 4.79 Å². The van der Waals surface area contributed by atoms with E-state index in [2.05, 4.69) is 27.1 Å². The molecule has 0 saturated carbocycles. The molecule has 0 atom stereocenters. The van der Waals surface area contributed by atoms with Gasteiger partial charge in [-0.25, -0.2) is 9.97 Å². The Hall–Kier alpha value is -1.85. The third kappa shape index (κ3) is 3.37. The Kier molecular flexibility index (Phi) is 4.76. The fourth-order valence-corrected chi connectivity index (χ4v) is 2.74. The molecule has 0 bridgehead atoms. The number of nitrogens with one attached hydrogen (secondary N) is 1. The number of rotatable bonds is 5. The summed E-state index contributed by atoms with van der Waals surface area (Å²) in [6, 6.07) is 0. The van der Waals surface area contributed by atoms with Gasteiger partial charge in [-0.05, 0) is 32.6 Å². The minimum absolute atomic E-state index is 0.198. The van der Waals surface area contributed by atoms with Crippen molar-refractivity contribution in [1.82, 2.24) is 9.97 Å². The maximum absolute atomic E-state index is 11.0. The van der Waals surface area contributed by atoms with Crippen molar-refractivity contribution in [2.24, 2.45) is 11.7 Å². The summed E-state index contributed by atoms with van der Waals surface area (Å²) in [5.74, 6) is 2.11. The van der Waals surface area contributed by atoms with Crippen molar-refractivity contribution in [3.63, 3.8) is 0 Å². The predicted molar refractivity (Wildman–Crippen MR) is 79.7 cm³/mol. The summed E-state index contributed by atoms with van der Waals surface area (Å²) in [4.78, 5) is 21.9. The van der Waals surface area contributed by atoms with E-state index in [1.165, 1.54) is 0 Å². The molecule has 1 aromatic rings. The highest BCUT2D eigenvalue weighted by atomic mass is 16.1. The van der Waals surface area contributed by atoms with Crippen LogP contribution in [0, 0.1) is 12.8 Å². The summed E-state index contributed by atoms with van der Waals surface area (Å²) in [7, 11) is 0. The first kappa shape index (κ1) is 14.6. The van der Waals surface area contributed by atoms with Gasteiger partial charge < -0.3 is 16.0 Å². The molecule has 6 heteroatoms. The normalized spacial score (nSPS) is 16.2. The zero-order valence-corrected chi connectivity index (χ0v) is 12.2. The second-order valence-electron chi connectivity index (χ2n) is 5.30. The third-order valence-electron chi connectivity index (χ3n) is 3.81. The van der Waals surface area contributed by atoms with Gasteiger partial charge in [-0.2, -0.15) is 0 Å². The average molecular weight is 277 g/mol. The maximum Gasteiger partial charge on any atom is 0.217 e. The largest absolute Gasteiger partial charge is 0.370 e. The van der Waals surface area contributed by atoms with Gasteiger partial charge in [0, 0.05) is 31.6 Å². The van der Waals surface area contributed by atoms with Crippen LogP contribution < -0.4 is 16.0 Å². The van der Waals surface area contributed by atoms with Crippen molar-refractivity contribution in [3.05, 3.63) is 11.9 Å². The van der Waals surface area contributed by atoms with Gasteiger partial charge in [0.15, 0.2) is 0 Å². The smallest absolute Gasteiger partial charge is 0.217 e. The molecule has 1 fully saturated rings. The highest BCUT2D eigenvalue weighted by Gasteiger charge is 2.23. The van der Waals surface area contributed by atoms with Crippen LogP contribution in [0.5, 0.6) is 0 Å². The molecule has 0 spiro atoms. The molecule has 0 radical (unpaired) electrons. The molecular formula is C14H23N5O. The molecule has 1 aliphatic heterocycles. The quantitative estimate of drug-likeness (QED) is 0.847. The number of piperidine rings is 1. The minimum atomic E-state index is -0.198.